The molecule has 2 fully saturated rings. The van der Waals surface area contributed by atoms with Crippen molar-refractivity contribution in [3.63, 3.8) is 0 Å². The fraction of sp³-hybridized carbons (Fsp3) is 0.667. The van der Waals surface area contributed by atoms with Gasteiger partial charge in [0.05, 0.1) is 11.2 Å². The van der Waals surface area contributed by atoms with E-state index in [1.54, 1.807) is 0 Å². The first-order valence-electron chi connectivity index (χ1n) is 7.33. The molecule has 1 saturated carbocycles. The molecule has 3 nitrogen and oxygen atoms in total. The van der Waals surface area contributed by atoms with Crippen LogP contribution in [0.5, 0.6) is 0 Å². The zero-order valence-electron chi connectivity index (χ0n) is 11.6. The van der Waals surface area contributed by atoms with Crippen molar-refractivity contribution in [3.8, 4) is 0 Å². The number of pyridine rings is 1. The standard InChI is InChI=1S/C15H22BrN3/c1-12-13(16)5-6-14(18-12)19-10-9-17-11-15(19)7-3-2-4-8-15/h5-6,17H,2-4,7-11H2,1H3. The molecule has 1 N–H and O–H groups in total. The molecule has 4 heteroatoms. The summed E-state index contributed by atoms with van der Waals surface area (Å²) in [7, 11) is 0. The number of piperazine rings is 1. The molecule has 1 saturated heterocycles. The fourth-order valence-corrected chi connectivity index (χ4v) is 3.76. The van der Waals surface area contributed by atoms with Crippen LogP contribution < -0.4 is 10.2 Å². The van der Waals surface area contributed by atoms with Gasteiger partial charge in [-0.25, -0.2) is 4.98 Å². The van der Waals surface area contributed by atoms with Gasteiger partial charge in [0, 0.05) is 24.1 Å². The molecule has 19 heavy (non-hydrogen) atoms. The number of hydrogen-bond donors (Lipinski definition) is 1. The maximum atomic E-state index is 4.80. The van der Waals surface area contributed by atoms with Gasteiger partial charge >= 0.3 is 0 Å². The number of aromatic nitrogens is 1. The average molecular weight is 324 g/mol. The SMILES string of the molecule is Cc1nc(N2CCNCC23CCCCC3)ccc1Br. The van der Waals surface area contributed by atoms with Gasteiger partial charge < -0.3 is 10.2 Å². The maximum Gasteiger partial charge on any atom is 0.129 e. The van der Waals surface area contributed by atoms with Gasteiger partial charge in [-0.15, -0.1) is 0 Å². The van der Waals surface area contributed by atoms with Crippen molar-refractivity contribution in [2.45, 2.75) is 44.6 Å². The molecule has 0 radical (unpaired) electrons. The Labute approximate surface area is 123 Å². The van der Waals surface area contributed by atoms with Gasteiger partial charge in [-0.2, -0.15) is 0 Å². The summed E-state index contributed by atoms with van der Waals surface area (Å²) in [6.07, 6.45) is 6.71. The van der Waals surface area contributed by atoms with E-state index in [1.165, 1.54) is 32.1 Å². The van der Waals surface area contributed by atoms with E-state index in [2.05, 4.69) is 45.2 Å². The number of nitrogens with zero attached hydrogens (tertiary/aromatic N) is 2. The van der Waals surface area contributed by atoms with Gasteiger partial charge in [0.25, 0.3) is 0 Å². The Bertz CT molecular complexity index is 446. The summed E-state index contributed by atoms with van der Waals surface area (Å²) in [5.74, 6) is 1.16. The molecule has 0 amide bonds. The predicted octanol–water partition coefficient (Wildman–Crippen LogP) is 3.27. The average Bonchev–Trinajstić information content (AvgIpc) is 2.44. The highest BCUT2D eigenvalue weighted by Gasteiger charge is 2.40. The minimum absolute atomic E-state index is 0.309. The zero-order valence-corrected chi connectivity index (χ0v) is 13.2. The van der Waals surface area contributed by atoms with Gasteiger partial charge in [0.1, 0.15) is 5.82 Å². The van der Waals surface area contributed by atoms with Crippen LogP contribution in [0.15, 0.2) is 16.6 Å². The van der Waals surface area contributed by atoms with E-state index in [4.69, 9.17) is 4.98 Å². The summed E-state index contributed by atoms with van der Waals surface area (Å²) in [5.41, 5.74) is 1.39. The van der Waals surface area contributed by atoms with Crippen LogP contribution >= 0.6 is 15.9 Å². The Hall–Kier alpha value is -0.610. The quantitative estimate of drug-likeness (QED) is 0.859. The van der Waals surface area contributed by atoms with E-state index in [9.17, 15) is 0 Å². The summed E-state index contributed by atoms with van der Waals surface area (Å²) < 4.78 is 1.10. The lowest BCUT2D eigenvalue weighted by Gasteiger charge is -2.50. The first-order chi connectivity index (χ1) is 9.21. The number of hydrogen-bond acceptors (Lipinski definition) is 3. The van der Waals surface area contributed by atoms with Crippen molar-refractivity contribution < 1.29 is 0 Å². The highest BCUT2D eigenvalue weighted by molar-refractivity contribution is 9.10. The van der Waals surface area contributed by atoms with E-state index in [1.807, 2.05) is 0 Å². The van der Waals surface area contributed by atoms with Crippen molar-refractivity contribution >= 4 is 21.7 Å². The van der Waals surface area contributed by atoms with Crippen LogP contribution in [-0.2, 0) is 0 Å². The Morgan fingerprint density at radius 3 is 2.79 bits per heavy atom. The molecule has 0 atom stereocenters. The number of halogens is 1. The van der Waals surface area contributed by atoms with Crippen molar-refractivity contribution in [1.82, 2.24) is 10.3 Å². The second kappa shape index (κ2) is 5.41. The first-order valence-corrected chi connectivity index (χ1v) is 8.12. The third-order valence-corrected chi connectivity index (χ3v) is 5.44. The third kappa shape index (κ3) is 2.52. The Morgan fingerprint density at radius 1 is 1.26 bits per heavy atom. The van der Waals surface area contributed by atoms with Crippen LogP contribution in [0.25, 0.3) is 0 Å². The van der Waals surface area contributed by atoms with E-state index in [-0.39, 0.29) is 0 Å². The van der Waals surface area contributed by atoms with Gasteiger partial charge in [-0.3, -0.25) is 0 Å². The second-order valence-electron chi connectivity index (χ2n) is 5.85. The molecule has 104 valence electrons. The van der Waals surface area contributed by atoms with Crippen LogP contribution in [0.3, 0.4) is 0 Å². The molecule has 1 spiro atoms. The summed E-state index contributed by atoms with van der Waals surface area (Å²) in [4.78, 5) is 7.37. The number of aryl methyl sites for hydroxylation is 1. The van der Waals surface area contributed by atoms with E-state index >= 15 is 0 Å². The third-order valence-electron chi connectivity index (χ3n) is 4.61. The molecule has 2 aliphatic rings. The first kappa shape index (κ1) is 13.4. The number of anilines is 1. The lowest BCUT2D eigenvalue weighted by atomic mass is 9.79. The molecule has 3 rings (SSSR count). The Morgan fingerprint density at radius 2 is 2.05 bits per heavy atom. The molecular weight excluding hydrogens is 302 g/mol. The van der Waals surface area contributed by atoms with Crippen molar-refractivity contribution in [1.29, 1.82) is 0 Å². The largest absolute Gasteiger partial charge is 0.348 e. The van der Waals surface area contributed by atoms with Gasteiger partial charge in [-0.05, 0) is 47.8 Å². The molecular formula is C15H22BrN3. The Kier molecular flexibility index (Phi) is 3.81. The molecule has 1 aliphatic heterocycles. The molecule has 1 aromatic heterocycles. The minimum atomic E-state index is 0.309. The van der Waals surface area contributed by atoms with Crippen molar-refractivity contribution in [2.75, 3.05) is 24.5 Å². The molecule has 2 heterocycles. The normalized spacial score (nSPS) is 22.7. The summed E-state index contributed by atoms with van der Waals surface area (Å²) >= 11 is 3.55. The maximum absolute atomic E-state index is 4.80. The van der Waals surface area contributed by atoms with Crippen LogP contribution in [0.4, 0.5) is 5.82 Å². The number of rotatable bonds is 1. The van der Waals surface area contributed by atoms with Gasteiger partial charge in [0.2, 0.25) is 0 Å². The van der Waals surface area contributed by atoms with E-state index in [0.29, 0.717) is 5.54 Å². The van der Waals surface area contributed by atoms with E-state index in [0.717, 1.165) is 35.6 Å². The van der Waals surface area contributed by atoms with Gasteiger partial charge in [-0.1, -0.05) is 19.3 Å². The fourth-order valence-electron chi connectivity index (χ4n) is 3.54. The molecule has 1 aromatic rings. The van der Waals surface area contributed by atoms with Gasteiger partial charge in [0.15, 0.2) is 0 Å². The topological polar surface area (TPSA) is 28.2 Å². The minimum Gasteiger partial charge on any atom is -0.348 e. The highest BCUT2D eigenvalue weighted by atomic mass is 79.9. The summed E-state index contributed by atoms with van der Waals surface area (Å²) in [5, 5.41) is 3.59. The van der Waals surface area contributed by atoms with Crippen LogP contribution in [0.1, 0.15) is 37.8 Å². The summed E-state index contributed by atoms with van der Waals surface area (Å²) in [6, 6.07) is 4.30. The molecule has 0 aromatic carbocycles. The zero-order chi connectivity index (χ0) is 13.3. The smallest absolute Gasteiger partial charge is 0.129 e. The van der Waals surface area contributed by atoms with E-state index < -0.39 is 0 Å². The Balaban J connectivity index is 1.93. The van der Waals surface area contributed by atoms with Crippen LogP contribution in [0, 0.1) is 6.92 Å². The lowest BCUT2D eigenvalue weighted by Crippen LogP contribution is -2.62. The monoisotopic (exact) mass is 323 g/mol. The molecule has 0 bridgehead atoms. The summed E-state index contributed by atoms with van der Waals surface area (Å²) in [6.45, 7) is 5.33. The number of nitrogens with one attached hydrogen (secondary N) is 1. The predicted molar refractivity (Wildman–Crippen MR) is 82.7 cm³/mol. The second-order valence-corrected chi connectivity index (χ2v) is 6.70. The highest BCUT2D eigenvalue weighted by Crippen LogP contribution is 2.37. The van der Waals surface area contributed by atoms with Crippen molar-refractivity contribution in [3.05, 3.63) is 22.3 Å². The molecule has 0 unspecified atom stereocenters. The van der Waals surface area contributed by atoms with Crippen LogP contribution in [0.2, 0.25) is 0 Å². The molecule has 1 aliphatic carbocycles. The lowest BCUT2D eigenvalue weighted by molar-refractivity contribution is 0.239. The van der Waals surface area contributed by atoms with Crippen molar-refractivity contribution in [2.24, 2.45) is 0 Å². The van der Waals surface area contributed by atoms with Crippen LogP contribution in [-0.4, -0.2) is 30.2 Å².